The third-order valence-electron chi connectivity index (χ3n) is 3.46. The van der Waals surface area contributed by atoms with Gasteiger partial charge < -0.3 is 5.32 Å². The summed E-state index contributed by atoms with van der Waals surface area (Å²) < 4.78 is 39.2. The van der Waals surface area contributed by atoms with Crippen LogP contribution in [0, 0.1) is 0 Å². The number of nitrogens with zero attached hydrogens (tertiary/aromatic N) is 2. The molecule has 1 atom stereocenters. The molecule has 21 heavy (non-hydrogen) atoms. The Kier molecular flexibility index (Phi) is 4.82. The standard InChI is InChI=1S/C14H18F3N3O/c1-2-3-4-8-20-9-11(21)19-13(20)12-10(14(15,16)17)6-5-7-18-12/h5-7,13H,2-4,8-9H2,1H3,(H,19,21). The van der Waals surface area contributed by atoms with Gasteiger partial charge in [-0.3, -0.25) is 14.7 Å². The van der Waals surface area contributed by atoms with Crippen LogP contribution in [0.2, 0.25) is 0 Å². The maximum Gasteiger partial charge on any atom is 0.418 e. The van der Waals surface area contributed by atoms with Crippen molar-refractivity contribution in [2.75, 3.05) is 13.1 Å². The highest BCUT2D eigenvalue weighted by Crippen LogP contribution is 2.35. The summed E-state index contributed by atoms with van der Waals surface area (Å²) in [6.45, 7) is 2.73. The van der Waals surface area contributed by atoms with E-state index in [0.29, 0.717) is 6.54 Å². The average Bonchev–Trinajstić information content (AvgIpc) is 2.79. The van der Waals surface area contributed by atoms with Gasteiger partial charge in [0.25, 0.3) is 0 Å². The second-order valence-electron chi connectivity index (χ2n) is 5.08. The Labute approximate surface area is 121 Å². The van der Waals surface area contributed by atoms with E-state index >= 15 is 0 Å². The zero-order valence-electron chi connectivity index (χ0n) is 11.8. The van der Waals surface area contributed by atoms with Gasteiger partial charge in [0.05, 0.1) is 17.8 Å². The molecular formula is C14H18F3N3O. The molecule has 1 aromatic heterocycles. The molecule has 1 N–H and O–H groups in total. The zero-order valence-corrected chi connectivity index (χ0v) is 11.8. The second kappa shape index (κ2) is 6.43. The number of nitrogens with one attached hydrogen (secondary N) is 1. The van der Waals surface area contributed by atoms with Crippen LogP contribution in [0.25, 0.3) is 0 Å². The molecule has 2 heterocycles. The topological polar surface area (TPSA) is 45.2 Å². The van der Waals surface area contributed by atoms with Gasteiger partial charge in [-0.05, 0) is 18.6 Å². The van der Waals surface area contributed by atoms with E-state index in [1.807, 2.05) is 6.92 Å². The van der Waals surface area contributed by atoms with Crippen molar-refractivity contribution in [3.8, 4) is 0 Å². The Morgan fingerprint density at radius 1 is 1.43 bits per heavy atom. The molecule has 1 fully saturated rings. The van der Waals surface area contributed by atoms with Gasteiger partial charge in [0, 0.05) is 12.7 Å². The van der Waals surface area contributed by atoms with Gasteiger partial charge in [0.2, 0.25) is 5.91 Å². The quantitative estimate of drug-likeness (QED) is 0.851. The summed E-state index contributed by atoms with van der Waals surface area (Å²) in [4.78, 5) is 17.2. The van der Waals surface area contributed by atoms with Crippen molar-refractivity contribution in [1.29, 1.82) is 0 Å². The normalized spacial score (nSPS) is 19.8. The van der Waals surface area contributed by atoms with Gasteiger partial charge in [-0.25, -0.2) is 0 Å². The maximum atomic E-state index is 13.1. The van der Waals surface area contributed by atoms with Crippen molar-refractivity contribution in [2.45, 2.75) is 38.5 Å². The summed E-state index contributed by atoms with van der Waals surface area (Å²) in [5.74, 6) is -0.268. The van der Waals surface area contributed by atoms with E-state index in [-0.39, 0.29) is 18.1 Å². The zero-order chi connectivity index (χ0) is 15.5. The summed E-state index contributed by atoms with van der Waals surface area (Å²) in [6.07, 6.45) is -1.13. The first kappa shape index (κ1) is 15.8. The van der Waals surface area contributed by atoms with Crippen LogP contribution in [-0.4, -0.2) is 28.9 Å². The fourth-order valence-corrected chi connectivity index (χ4v) is 2.45. The number of hydrogen-bond donors (Lipinski definition) is 1. The minimum atomic E-state index is -4.48. The van der Waals surface area contributed by atoms with E-state index in [0.717, 1.165) is 25.3 Å². The van der Waals surface area contributed by atoms with Crippen molar-refractivity contribution in [3.63, 3.8) is 0 Å². The Hall–Kier alpha value is -1.63. The van der Waals surface area contributed by atoms with Gasteiger partial charge in [0.1, 0.15) is 6.17 Å². The summed E-state index contributed by atoms with van der Waals surface area (Å²) in [7, 11) is 0. The van der Waals surface area contributed by atoms with Gasteiger partial charge in [-0.1, -0.05) is 19.8 Å². The lowest BCUT2D eigenvalue weighted by molar-refractivity contribution is -0.139. The van der Waals surface area contributed by atoms with Gasteiger partial charge in [-0.15, -0.1) is 0 Å². The molecule has 1 aliphatic rings. The maximum absolute atomic E-state index is 13.1. The molecule has 7 heteroatoms. The SMILES string of the molecule is CCCCCN1CC(=O)NC1c1ncccc1C(F)(F)F. The number of hydrogen-bond acceptors (Lipinski definition) is 3. The van der Waals surface area contributed by atoms with Crippen LogP contribution < -0.4 is 5.32 Å². The summed E-state index contributed by atoms with van der Waals surface area (Å²) in [5, 5.41) is 2.58. The molecule has 4 nitrogen and oxygen atoms in total. The molecule has 1 aliphatic heterocycles. The number of unbranched alkanes of at least 4 members (excludes halogenated alkanes) is 2. The number of pyridine rings is 1. The molecule has 0 aromatic carbocycles. The van der Waals surface area contributed by atoms with Crippen molar-refractivity contribution in [1.82, 2.24) is 15.2 Å². The van der Waals surface area contributed by atoms with Crippen molar-refractivity contribution < 1.29 is 18.0 Å². The van der Waals surface area contributed by atoms with Crippen LogP contribution in [0.3, 0.4) is 0 Å². The molecular weight excluding hydrogens is 283 g/mol. The van der Waals surface area contributed by atoms with Crippen molar-refractivity contribution in [3.05, 3.63) is 29.6 Å². The predicted molar refractivity (Wildman–Crippen MR) is 71.2 cm³/mol. The van der Waals surface area contributed by atoms with Crippen LogP contribution in [0.15, 0.2) is 18.3 Å². The number of amides is 1. The molecule has 0 radical (unpaired) electrons. The first-order chi connectivity index (χ1) is 9.93. The highest BCUT2D eigenvalue weighted by Gasteiger charge is 2.40. The number of carbonyl (C=O) groups excluding carboxylic acids is 1. The summed E-state index contributed by atoms with van der Waals surface area (Å²) in [6, 6.07) is 2.25. The van der Waals surface area contributed by atoms with E-state index in [1.54, 1.807) is 4.90 Å². The number of halogens is 3. The van der Waals surface area contributed by atoms with Crippen molar-refractivity contribution >= 4 is 5.91 Å². The third-order valence-corrected chi connectivity index (χ3v) is 3.46. The highest BCUT2D eigenvalue weighted by molar-refractivity contribution is 5.80. The largest absolute Gasteiger partial charge is 0.418 e. The minimum absolute atomic E-state index is 0.113. The fourth-order valence-electron chi connectivity index (χ4n) is 2.45. The van der Waals surface area contributed by atoms with E-state index < -0.39 is 17.9 Å². The van der Waals surface area contributed by atoms with Crippen LogP contribution in [0.1, 0.15) is 43.6 Å². The number of carbonyl (C=O) groups is 1. The number of rotatable bonds is 5. The van der Waals surface area contributed by atoms with E-state index in [4.69, 9.17) is 0 Å². The smallest absolute Gasteiger partial charge is 0.334 e. The van der Waals surface area contributed by atoms with Gasteiger partial charge >= 0.3 is 6.18 Å². The average molecular weight is 301 g/mol. The molecule has 0 bridgehead atoms. The molecule has 2 rings (SSSR count). The fraction of sp³-hybridized carbons (Fsp3) is 0.571. The number of aromatic nitrogens is 1. The van der Waals surface area contributed by atoms with E-state index in [1.165, 1.54) is 12.3 Å². The Morgan fingerprint density at radius 2 is 2.19 bits per heavy atom. The number of alkyl halides is 3. The molecule has 1 amide bonds. The lowest BCUT2D eigenvalue weighted by Crippen LogP contribution is -2.31. The first-order valence-electron chi connectivity index (χ1n) is 6.99. The first-order valence-corrected chi connectivity index (χ1v) is 6.99. The van der Waals surface area contributed by atoms with Crippen LogP contribution in [0.4, 0.5) is 13.2 Å². The van der Waals surface area contributed by atoms with Crippen molar-refractivity contribution in [2.24, 2.45) is 0 Å². The van der Waals surface area contributed by atoms with Gasteiger partial charge in [-0.2, -0.15) is 13.2 Å². The van der Waals surface area contributed by atoms with Crippen LogP contribution in [-0.2, 0) is 11.0 Å². The predicted octanol–water partition coefficient (Wildman–Crippen LogP) is 2.72. The monoisotopic (exact) mass is 301 g/mol. The lowest BCUT2D eigenvalue weighted by Gasteiger charge is -2.24. The van der Waals surface area contributed by atoms with E-state index in [2.05, 4.69) is 10.3 Å². The molecule has 1 aromatic rings. The Morgan fingerprint density at radius 3 is 2.86 bits per heavy atom. The molecule has 0 spiro atoms. The molecule has 1 unspecified atom stereocenters. The van der Waals surface area contributed by atoms with E-state index in [9.17, 15) is 18.0 Å². The van der Waals surface area contributed by atoms with Gasteiger partial charge in [0.15, 0.2) is 0 Å². The highest BCUT2D eigenvalue weighted by atomic mass is 19.4. The Bertz CT molecular complexity index is 504. The lowest BCUT2D eigenvalue weighted by atomic mass is 10.1. The third kappa shape index (κ3) is 3.72. The summed E-state index contributed by atoms with van der Waals surface area (Å²) in [5.41, 5.74) is -0.926. The molecule has 0 saturated carbocycles. The second-order valence-corrected chi connectivity index (χ2v) is 5.08. The minimum Gasteiger partial charge on any atom is -0.334 e. The van der Waals surface area contributed by atoms with Crippen LogP contribution >= 0.6 is 0 Å². The summed E-state index contributed by atoms with van der Waals surface area (Å²) >= 11 is 0. The van der Waals surface area contributed by atoms with Crippen LogP contribution in [0.5, 0.6) is 0 Å². The molecule has 1 saturated heterocycles. The molecule has 116 valence electrons. The Balaban J connectivity index is 2.24. The molecule has 0 aliphatic carbocycles.